The minimum atomic E-state index is 0.379. The number of aryl methyl sites for hydroxylation is 1. The number of aromatic nitrogens is 3. The summed E-state index contributed by atoms with van der Waals surface area (Å²) in [7, 11) is 0. The van der Waals surface area contributed by atoms with Gasteiger partial charge in [0.15, 0.2) is 5.82 Å². The van der Waals surface area contributed by atoms with E-state index in [-0.39, 0.29) is 0 Å². The topological polar surface area (TPSA) is 56.7 Å². The van der Waals surface area contributed by atoms with Crippen molar-refractivity contribution in [2.45, 2.75) is 26.9 Å². The van der Waals surface area contributed by atoms with Crippen molar-refractivity contribution in [1.29, 1.82) is 0 Å². The Balaban J connectivity index is 2.56. The van der Waals surface area contributed by atoms with Gasteiger partial charge in [0, 0.05) is 12.1 Å². The van der Waals surface area contributed by atoms with Crippen molar-refractivity contribution in [2.24, 2.45) is 5.73 Å². The zero-order valence-electron chi connectivity index (χ0n) is 9.94. The van der Waals surface area contributed by atoms with Gasteiger partial charge in [-0.1, -0.05) is 17.7 Å². The first-order chi connectivity index (χ1) is 8.17. The van der Waals surface area contributed by atoms with Crippen molar-refractivity contribution in [3.05, 3.63) is 34.6 Å². The fraction of sp³-hybridized carbons (Fsp3) is 0.333. The lowest BCUT2D eigenvalue weighted by molar-refractivity contribution is 0.704. The Labute approximate surface area is 105 Å². The molecule has 0 aliphatic heterocycles. The molecule has 0 aliphatic carbocycles. The van der Waals surface area contributed by atoms with Crippen LogP contribution in [-0.2, 0) is 13.1 Å². The summed E-state index contributed by atoms with van der Waals surface area (Å²) in [6, 6.07) is 5.90. The SMILES string of the molecule is CCn1c(CN)nnc1-c1ccc(C)cc1Cl. The van der Waals surface area contributed by atoms with Crippen LogP contribution in [0.15, 0.2) is 18.2 Å². The number of nitrogens with two attached hydrogens (primary N) is 1. The van der Waals surface area contributed by atoms with E-state index in [1.807, 2.05) is 36.6 Å². The molecule has 2 N–H and O–H groups in total. The van der Waals surface area contributed by atoms with Crippen molar-refractivity contribution in [1.82, 2.24) is 14.8 Å². The van der Waals surface area contributed by atoms with Crippen LogP contribution in [0.3, 0.4) is 0 Å². The largest absolute Gasteiger partial charge is 0.324 e. The Bertz CT molecular complexity index is 533. The first-order valence-corrected chi connectivity index (χ1v) is 5.93. The van der Waals surface area contributed by atoms with Crippen LogP contribution in [-0.4, -0.2) is 14.8 Å². The van der Waals surface area contributed by atoms with Crippen molar-refractivity contribution >= 4 is 11.6 Å². The Morgan fingerprint density at radius 1 is 1.35 bits per heavy atom. The molecule has 2 aromatic rings. The molecule has 1 heterocycles. The molecule has 0 saturated heterocycles. The molecular weight excluding hydrogens is 236 g/mol. The van der Waals surface area contributed by atoms with Gasteiger partial charge in [-0.15, -0.1) is 10.2 Å². The van der Waals surface area contributed by atoms with E-state index in [0.29, 0.717) is 11.6 Å². The summed E-state index contributed by atoms with van der Waals surface area (Å²) in [5.41, 5.74) is 7.64. The van der Waals surface area contributed by atoms with Crippen molar-refractivity contribution in [3.63, 3.8) is 0 Å². The highest BCUT2D eigenvalue weighted by Crippen LogP contribution is 2.27. The van der Waals surface area contributed by atoms with Crippen LogP contribution in [0, 0.1) is 6.92 Å². The zero-order valence-corrected chi connectivity index (χ0v) is 10.7. The predicted molar refractivity (Wildman–Crippen MR) is 68.8 cm³/mol. The predicted octanol–water partition coefficient (Wildman–Crippen LogP) is 2.39. The van der Waals surface area contributed by atoms with Crippen LogP contribution in [0.5, 0.6) is 0 Å². The molecule has 90 valence electrons. The molecule has 0 unspecified atom stereocenters. The van der Waals surface area contributed by atoms with Crippen molar-refractivity contribution in [2.75, 3.05) is 0 Å². The second-order valence-electron chi connectivity index (χ2n) is 3.87. The van der Waals surface area contributed by atoms with Crippen LogP contribution in [0.25, 0.3) is 11.4 Å². The summed E-state index contributed by atoms with van der Waals surface area (Å²) >= 11 is 6.23. The lowest BCUT2D eigenvalue weighted by atomic mass is 10.1. The fourth-order valence-electron chi connectivity index (χ4n) is 1.82. The highest BCUT2D eigenvalue weighted by atomic mass is 35.5. The molecule has 0 spiro atoms. The summed E-state index contributed by atoms with van der Waals surface area (Å²) in [6.07, 6.45) is 0. The van der Waals surface area contributed by atoms with Crippen molar-refractivity contribution < 1.29 is 0 Å². The maximum absolute atomic E-state index is 6.23. The molecular formula is C12H15ClN4. The molecule has 0 aliphatic rings. The highest BCUT2D eigenvalue weighted by molar-refractivity contribution is 6.33. The van der Waals surface area contributed by atoms with Crippen LogP contribution >= 0.6 is 11.6 Å². The van der Waals surface area contributed by atoms with E-state index in [1.165, 1.54) is 0 Å². The van der Waals surface area contributed by atoms with Gasteiger partial charge in [0.1, 0.15) is 5.82 Å². The van der Waals surface area contributed by atoms with Gasteiger partial charge in [-0.05, 0) is 31.5 Å². The lowest BCUT2D eigenvalue weighted by Crippen LogP contribution is -2.08. The second-order valence-corrected chi connectivity index (χ2v) is 4.28. The van der Waals surface area contributed by atoms with Gasteiger partial charge in [0.2, 0.25) is 0 Å². The summed E-state index contributed by atoms with van der Waals surface area (Å²) < 4.78 is 1.98. The van der Waals surface area contributed by atoms with E-state index in [0.717, 1.165) is 29.3 Å². The minimum absolute atomic E-state index is 0.379. The van der Waals surface area contributed by atoms with Crippen molar-refractivity contribution in [3.8, 4) is 11.4 Å². The summed E-state index contributed by atoms with van der Waals surface area (Å²) in [4.78, 5) is 0. The van der Waals surface area contributed by atoms with E-state index in [2.05, 4.69) is 10.2 Å². The lowest BCUT2D eigenvalue weighted by Gasteiger charge is -2.08. The number of halogens is 1. The van der Waals surface area contributed by atoms with Gasteiger partial charge >= 0.3 is 0 Å². The fourth-order valence-corrected chi connectivity index (χ4v) is 2.14. The van der Waals surface area contributed by atoms with E-state index in [1.54, 1.807) is 0 Å². The molecule has 0 atom stereocenters. The Morgan fingerprint density at radius 2 is 2.12 bits per heavy atom. The number of benzene rings is 1. The molecule has 0 fully saturated rings. The third kappa shape index (κ3) is 2.18. The van der Waals surface area contributed by atoms with Gasteiger partial charge in [0.25, 0.3) is 0 Å². The molecule has 0 saturated carbocycles. The minimum Gasteiger partial charge on any atom is -0.324 e. The van der Waals surface area contributed by atoms with Gasteiger partial charge < -0.3 is 10.3 Å². The number of hydrogen-bond donors (Lipinski definition) is 1. The maximum atomic E-state index is 6.23. The van der Waals surface area contributed by atoms with Gasteiger partial charge in [-0.3, -0.25) is 0 Å². The molecule has 0 radical (unpaired) electrons. The summed E-state index contributed by atoms with van der Waals surface area (Å²) in [5.74, 6) is 1.55. The number of rotatable bonds is 3. The molecule has 1 aromatic carbocycles. The first kappa shape index (κ1) is 12.1. The second kappa shape index (κ2) is 4.85. The standard InChI is InChI=1S/C12H15ClN4/c1-3-17-11(7-14)15-16-12(17)9-5-4-8(2)6-10(9)13/h4-6H,3,7,14H2,1-2H3. The van der Waals surface area contributed by atoms with Gasteiger partial charge in [-0.2, -0.15) is 0 Å². The average molecular weight is 251 g/mol. The van der Waals surface area contributed by atoms with E-state index < -0.39 is 0 Å². The number of hydrogen-bond acceptors (Lipinski definition) is 3. The highest BCUT2D eigenvalue weighted by Gasteiger charge is 2.13. The molecule has 17 heavy (non-hydrogen) atoms. The molecule has 5 heteroatoms. The molecule has 0 amide bonds. The molecule has 2 rings (SSSR count). The Hall–Kier alpha value is -1.39. The number of nitrogens with zero attached hydrogens (tertiary/aromatic N) is 3. The molecule has 1 aromatic heterocycles. The Morgan fingerprint density at radius 3 is 2.71 bits per heavy atom. The third-order valence-corrected chi connectivity index (χ3v) is 3.00. The smallest absolute Gasteiger partial charge is 0.165 e. The third-order valence-electron chi connectivity index (χ3n) is 2.69. The van der Waals surface area contributed by atoms with Gasteiger partial charge in [0.05, 0.1) is 11.6 Å². The normalized spacial score (nSPS) is 10.8. The summed E-state index contributed by atoms with van der Waals surface area (Å²) in [5, 5.41) is 8.93. The van der Waals surface area contributed by atoms with Crippen LogP contribution in [0.4, 0.5) is 0 Å². The van der Waals surface area contributed by atoms with Gasteiger partial charge in [-0.25, -0.2) is 0 Å². The average Bonchev–Trinajstić information content (AvgIpc) is 2.71. The van der Waals surface area contributed by atoms with Crippen LogP contribution < -0.4 is 5.73 Å². The molecule has 0 bridgehead atoms. The first-order valence-electron chi connectivity index (χ1n) is 5.56. The Kier molecular flexibility index (Phi) is 3.45. The molecule has 4 nitrogen and oxygen atoms in total. The zero-order chi connectivity index (χ0) is 12.4. The van der Waals surface area contributed by atoms with E-state index >= 15 is 0 Å². The maximum Gasteiger partial charge on any atom is 0.165 e. The van der Waals surface area contributed by atoms with Crippen LogP contribution in [0.1, 0.15) is 18.3 Å². The van der Waals surface area contributed by atoms with Crippen LogP contribution in [0.2, 0.25) is 5.02 Å². The monoisotopic (exact) mass is 250 g/mol. The quantitative estimate of drug-likeness (QED) is 0.910. The van der Waals surface area contributed by atoms with E-state index in [9.17, 15) is 0 Å². The van der Waals surface area contributed by atoms with E-state index in [4.69, 9.17) is 17.3 Å². The summed E-state index contributed by atoms with van der Waals surface area (Å²) in [6.45, 7) is 5.20.